The largest absolute Gasteiger partial charge is 0.454 e. The second-order valence-electron chi connectivity index (χ2n) is 6.07. The van der Waals surface area contributed by atoms with Gasteiger partial charge in [-0.05, 0) is 54.7 Å². The topological polar surface area (TPSA) is 73.6 Å². The smallest absolute Gasteiger partial charge is 0.251 e. The number of carbonyl (C=O) groups excluding carboxylic acids is 1. The summed E-state index contributed by atoms with van der Waals surface area (Å²) in [5.74, 6) is 0.820. The molecule has 1 aliphatic carbocycles. The van der Waals surface area contributed by atoms with Gasteiger partial charge >= 0.3 is 0 Å². The fraction of sp³-hybridized carbons (Fsp3) is 0.278. The number of amides is 1. The highest BCUT2D eigenvalue weighted by Gasteiger charge is 2.25. The Bertz CT molecular complexity index is 826. The molecular formula is C18H18Cl2N2O3. The molecule has 1 amide bonds. The van der Waals surface area contributed by atoms with Crippen molar-refractivity contribution in [3.05, 3.63) is 52.0 Å². The molecule has 25 heavy (non-hydrogen) atoms. The van der Waals surface area contributed by atoms with Gasteiger partial charge in [0.05, 0.1) is 11.1 Å². The Morgan fingerprint density at radius 3 is 2.92 bits per heavy atom. The molecule has 1 atom stereocenters. The number of benzene rings is 2. The third kappa shape index (κ3) is 3.34. The zero-order valence-electron chi connectivity index (χ0n) is 13.4. The van der Waals surface area contributed by atoms with Crippen molar-refractivity contribution in [1.82, 2.24) is 5.32 Å². The monoisotopic (exact) mass is 380 g/mol. The van der Waals surface area contributed by atoms with Crippen LogP contribution in [0.2, 0.25) is 5.02 Å². The van der Waals surface area contributed by atoms with Crippen LogP contribution in [0.25, 0.3) is 0 Å². The molecule has 2 aromatic carbocycles. The molecular weight excluding hydrogens is 363 g/mol. The minimum Gasteiger partial charge on any atom is -0.454 e. The van der Waals surface area contributed by atoms with Crippen molar-refractivity contribution < 1.29 is 14.3 Å². The van der Waals surface area contributed by atoms with Crippen molar-refractivity contribution in [3.63, 3.8) is 0 Å². The van der Waals surface area contributed by atoms with Gasteiger partial charge < -0.3 is 20.5 Å². The van der Waals surface area contributed by atoms with Crippen molar-refractivity contribution >= 4 is 35.6 Å². The Hall–Kier alpha value is -2.11. The summed E-state index contributed by atoms with van der Waals surface area (Å²) in [5, 5.41) is 3.48. The Morgan fingerprint density at radius 2 is 2.08 bits per heavy atom. The maximum atomic E-state index is 12.7. The number of rotatable bonds is 2. The quantitative estimate of drug-likeness (QED) is 0.775. The lowest BCUT2D eigenvalue weighted by Gasteiger charge is -2.26. The maximum absolute atomic E-state index is 12.7. The van der Waals surface area contributed by atoms with Crippen LogP contribution in [0.1, 0.15) is 40.4 Å². The van der Waals surface area contributed by atoms with E-state index in [0.717, 1.165) is 30.5 Å². The predicted molar refractivity (Wildman–Crippen MR) is 98.8 cm³/mol. The molecule has 5 nitrogen and oxygen atoms in total. The highest BCUT2D eigenvalue weighted by atomic mass is 35.5. The molecule has 3 N–H and O–H groups in total. The first-order chi connectivity index (χ1) is 11.6. The van der Waals surface area contributed by atoms with Crippen LogP contribution in [0, 0.1) is 0 Å². The molecule has 1 aliphatic heterocycles. The molecule has 0 saturated carbocycles. The SMILES string of the molecule is Cl.Nc1ccc2c(c1)CCCC2NC(=O)c1cc(Cl)c2c(c1)OCO2. The number of halogens is 2. The summed E-state index contributed by atoms with van der Waals surface area (Å²) in [5.41, 5.74) is 9.42. The van der Waals surface area contributed by atoms with Gasteiger partial charge in [-0.3, -0.25) is 4.79 Å². The second kappa shape index (κ2) is 7.02. The Balaban J connectivity index is 0.00000182. The molecule has 1 unspecified atom stereocenters. The van der Waals surface area contributed by atoms with E-state index in [1.807, 2.05) is 18.2 Å². The molecule has 0 fully saturated rings. The van der Waals surface area contributed by atoms with Crippen molar-refractivity contribution in [2.45, 2.75) is 25.3 Å². The van der Waals surface area contributed by atoms with Crippen LogP contribution in [-0.4, -0.2) is 12.7 Å². The number of nitrogen functional groups attached to an aromatic ring is 1. The lowest BCUT2D eigenvalue weighted by molar-refractivity contribution is 0.0932. The molecule has 0 aromatic heterocycles. The van der Waals surface area contributed by atoms with Crippen LogP contribution < -0.4 is 20.5 Å². The average Bonchev–Trinajstić information content (AvgIpc) is 3.04. The lowest BCUT2D eigenvalue weighted by atomic mass is 9.87. The summed E-state index contributed by atoms with van der Waals surface area (Å²) in [6, 6.07) is 9.12. The number of hydrogen-bond acceptors (Lipinski definition) is 4. The summed E-state index contributed by atoms with van der Waals surface area (Å²) in [7, 11) is 0. The Morgan fingerprint density at radius 1 is 1.24 bits per heavy atom. The van der Waals surface area contributed by atoms with E-state index in [2.05, 4.69) is 5.32 Å². The number of fused-ring (bicyclic) bond motifs is 2. The van der Waals surface area contributed by atoms with Crippen LogP contribution in [-0.2, 0) is 6.42 Å². The van der Waals surface area contributed by atoms with Gasteiger partial charge in [-0.1, -0.05) is 17.7 Å². The zero-order valence-corrected chi connectivity index (χ0v) is 15.0. The van der Waals surface area contributed by atoms with Gasteiger partial charge in [0.15, 0.2) is 11.5 Å². The van der Waals surface area contributed by atoms with Gasteiger partial charge in [0, 0.05) is 11.3 Å². The van der Waals surface area contributed by atoms with Crippen molar-refractivity contribution in [2.75, 3.05) is 12.5 Å². The Labute approximate surface area is 156 Å². The van der Waals surface area contributed by atoms with Gasteiger partial charge in [0.25, 0.3) is 5.91 Å². The first-order valence-corrected chi connectivity index (χ1v) is 8.28. The van der Waals surface area contributed by atoms with Crippen molar-refractivity contribution in [1.29, 1.82) is 0 Å². The summed E-state index contributed by atoms with van der Waals surface area (Å²) in [4.78, 5) is 12.7. The molecule has 132 valence electrons. The average molecular weight is 381 g/mol. The van der Waals surface area contributed by atoms with Gasteiger partial charge in [-0.2, -0.15) is 0 Å². The molecule has 7 heteroatoms. The number of anilines is 1. The van der Waals surface area contributed by atoms with Crippen LogP contribution in [0.3, 0.4) is 0 Å². The van der Waals surface area contributed by atoms with Crippen molar-refractivity contribution in [2.24, 2.45) is 0 Å². The van der Waals surface area contributed by atoms with E-state index >= 15 is 0 Å². The third-order valence-corrected chi connectivity index (χ3v) is 4.76. The van der Waals surface area contributed by atoms with Crippen LogP contribution in [0.5, 0.6) is 11.5 Å². The van der Waals surface area contributed by atoms with E-state index in [1.54, 1.807) is 12.1 Å². The first kappa shape index (κ1) is 17.7. The van der Waals surface area contributed by atoms with Crippen LogP contribution >= 0.6 is 24.0 Å². The number of ether oxygens (including phenoxy) is 2. The standard InChI is InChI=1S/C18H17ClN2O3.ClH/c19-14-7-11(8-16-17(14)24-9-23-16)18(22)21-15-3-1-2-10-6-12(20)4-5-13(10)15;/h4-8,15H,1-3,9,20H2,(H,21,22);1H. The number of nitrogens with one attached hydrogen (secondary N) is 1. The maximum Gasteiger partial charge on any atom is 0.251 e. The first-order valence-electron chi connectivity index (χ1n) is 7.90. The van der Waals surface area contributed by atoms with Gasteiger partial charge in [-0.15, -0.1) is 12.4 Å². The molecule has 0 radical (unpaired) electrons. The fourth-order valence-electron chi connectivity index (χ4n) is 3.32. The minimum atomic E-state index is -0.176. The number of hydrogen-bond donors (Lipinski definition) is 2. The van der Waals surface area contributed by atoms with E-state index in [9.17, 15) is 4.79 Å². The number of nitrogens with two attached hydrogens (primary N) is 1. The van der Waals surface area contributed by atoms with E-state index in [-0.39, 0.29) is 31.1 Å². The summed E-state index contributed by atoms with van der Waals surface area (Å²) >= 11 is 6.16. The molecule has 2 aliphatic rings. The van der Waals surface area contributed by atoms with E-state index < -0.39 is 0 Å². The normalized spacial score (nSPS) is 17.4. The molecule has 0 bridgehead atoms. The van der Waals surface area contributed by atoms with E-state index in [1.165, 1.54) is 5.56 Å². The van der Waals surface area contributed by atoms with Crippen molar-refractivity contribution in [3.8, 4) is 11.5 Å². The highest BCUT2D eigenvalue weighted by Crippen LogP contribution is 2.40. The molecule has 4 rings (SSSR count). The zero-order chi connectivity index (χ0) is 16.7. The van der Waals surface area contributed by atoms with Crippen LogP contribution in [0.4, 0.5) is 5.69 Å². The van der Waals surface area contributed by atoms with E-state index in [0.29, 0.717) is 22.1 Å². The molecule has 0 spiro atoms. The van der Waals surface area contributed by atoms with Gasteiger partial charge in [0.1, 0.15) is 0 Å². The lowest BCUT2D eigenvalue weighted by Crippen LogP contribution is -2.31. The van der Waals surface area contributed by atoms with Gasteiger partial charge in [0.2, 0.25) is 6.79 Å². The number of aryl methyl sites for hydroxylation is 1. The van der Waals surface area contributed by atoms with Crippen LogP contribution in [0.15, 0.2) is 30.3 Å². The summed E-state index contributed by atoms with van der Waals surface area (Å²) in [6.45, 7) is 0.123. The summed E-state index contributed by atoms with van der Waals surface area (Å²) in [6.07, 6.45) is 2.91. The molecule has 0 saturated heterocycles. The molecule has 2 aromatic rings. The Kier molecular flexibility index (Phi) is 4.97. The third-order valence-electron chi connectivity index (χ3n) is 4.48. The van der Waals surface area contributed by atoms with E-state index in [4.69, 9.17) is 26.8 Å². The fourth-order valence-corrected chi connectivity index (χ4v) is 3.59. The highest BCUT2D eigenvalue weighted by molar-refractivity contribution is 6.32. The second-order valence-corrected chi connectivity index (χ2v) is 6.48. The predicted octanol–water partition coefficient (Wildman–Crippen LogP) is 3.88. The number of carbonyl (C=O) groups is 1. The minimum absolute atomic E-state index is 0. The molecule has 1 heterocycles. The summed E-state index contributed by atoms with van der Waals surface area (Å²) < 4.78 is 10.6. The van der Waals surface area contributed by atoms with Gasteiger partial charge in [-0.25, -0.2) is 0 Å².